The maximum Gasteiger partial charge on any atom is 0.244 e. The van der Waals surface area contributed by atoms with Crippen molar-refractivity contribution in [3.8, 4) is 0 Å². The lowest BCUT2D eigenvalue weighted by molar-refractivity contribution is 0.101. The summed E-state index contributed by atoms with van der Waals surface area (Å²) >= 11 is 3.24. The molecule has 0 unspecified atom stereocenters. The van der Waals surface area contributed by atoms with Crippen LogP contribution in [0.25, 0.3) is 0 Å². The van der Waals surface area contributed by atoms with Crippen molar-refractivity contribution >= 4 is 38.5 Å². The van der Waals surface area contributed by atoms with Gasteiger partial charge in [0.2, 0.25) is 10.0 Å². The molecule has 0 saturated heterocycles. The Kier molecular flexibility index (Phi) is 4.56. The van der Waals surface area contributed by atoms with Crippen molar-refractivity contribution in [2.75, 3.05) is 6.54 Å². The van der Waals surface area contributed by atoms with Gasteiger partial charge in [-0.05, 0) is 53.9 Å². The van der Waals surface area contributed by atoms with Crippen LogP contribution >= 0.6 is 22.7 Å². The highest BCUT2D eigenvalue weighted by atomic mass is 32.2. The van der Waals surface area contributed by atoms with Crippen LogP contribution in [0.4, 0.5) is 0 Å². The van der Waals surface area contributed by atoms with E-state index < -0.39 is 10.0 Å². The highest BCUT2D eigenvalue weighted by Gasteiger charge is 2.38. The zero-order valence-electron chi connectivity index (χ0n) is 14.1. The normalized spacial score (nSPS) is 17.8. The highest BCUT2D eigenvalue weighted by Crippen LogP contribution is 2.42. The summed E-state index contributed by atoms with van der Waals surface area (Å²) in [6, 6.07) is 12.0. The number of ketones is 1. The molecule has 0 amide bonds. The minimum absolute atomic E-state index is 0.143. The van der Waals surface area contributed by atoms with Gasteiger partial charge in [0.15, 0.2) is 5.78 Å². The topological polar surface area (TPSA) is 54.5 Å². The molecule has 4 rings (SSSR count). The van der Waals surface area contributed by atoms with Gasteiger partial charge in [0.25, 0.3) is 0 Å². The van der Waals surface area contributed by atoms with Gasteiger partial charge in [-0.2, -0.15) is 4.31 Å². The minimum Gasteiger partial charge on any atom is -0.295 e. The van der Waals surface area contributed by atoms with E-state index in [1.807, 2.05) is 29.0 Å². The second-order valence-electron chi connectivity index (χ2n) is 6.17. The molecule has 0 bridgehead atoms. The number of hydrogen-bond donors (Lipinski definition) is 0. The van der Waals surface area contributed by atoms with Gasteiger partial charge in [0.05, 0.1) is 10.9 Å². The lowest BCUT2D eigenvalue weighted by Gasteiger charge is -2.34. The number of carbonyl (C=O) groups excluding carboxylic acids is 1. The number of rotatable bonds is 4. The predicted molar refractivity (Wildman–Crippen MR) is 105 cm³/mol. The summed E-state index contributed by atoms with van der Waals surface area (Å²) in [7, 11) is -3.72. The molecule has 1 aliphatic heterocycles. The molecule has 4 nitrogen and oxygen atoms in total. The van der Waals surface area contributed by atoms with Crippen molar-refractivity contribution < 1.29 is 13.2 Å². The Balaban J connectivity index is 1.83. The highest BCUT2D eigenvalue weighted by molar-refractivity contribution is 7.89. The molecule has 1 aromatic carbocycles. The average Bonchev–Trinajstić information content (AvgIpc) is 3.32. The fraction of sp³-hybridized carbons (Fsp3) is 0.211. The summed E-state index contributed by atoms with van der Waals surface area (Å²) in [5.41, 5.74) is 1.47. The first kappa shape index (κ1) is 17.6. The molecule has 3 aromatic rings. The zero-order valence-corrected chi connectivity index (χ0v) is 16.5. The molecule has 0 N–H and O–H groups in total. The van der Waals surface area contributed by atoms with Crippen molar-refractivity contribution in [2.45, 2.75) is 24.3 Å². The molecule has 0 radical (unpaired) electrons. The molecule has 0 saturated carbocycles. The van der Waals surface area contributed by atoms with Gasteiger partial charge in [-0.25, -0.2) is 8.42 Å². The number of carbonyl (C=O) groups is 1. The molecule has 0 spiro atoms. The van der Waals surface area contributed by atoms with Crippen molar-refractivity contribution in [3.63, 3.8) is 0 Å². The molecule has 2 aromatic heterocycles. The number of benzene rings is 1. The van der Waals surface area contributed by atoms with Crippen molar-refractivity contribution in [2.24, 2.45) is 0 Å². The van der Waals surface area contributed by atoms with E-state index in [0.29, 0.717) is 18.5 Å². The van der Waals surface area contributed by atoms with Crippen molar-refractivity contribution in [1.82, 2.24) is 4.31 Å². The first-order chi connectivity index (χ1) is 12.5. The Morgan fingerprint density at radius 3 is 2.69 bits per heavy atom. The second-order valence-corrected chi connectivity index (χ2v) is 10.0. The van der Waals surface area contributed by atoms with E-state index in [2.05, 4.69) is 0 Å². The lowest BCUT2D eigenvalue weighted by atomic mass is 10.0. The van der Waals surface area contributed by atoms with Crippen molar-refractivity contribution in [1.29, 1.82) is 0 Å². The van der Waals surface area contributed by atoms with Crippen LogP contribution in [0.1, 0.15) is 38.6 Å². The minimum atomic E-state index is -3.72. The monoisotopic (exact) mass is 403 g/mol. The van der Waals surface area contributed by atoms with E-state index in [1.165, 1.54) is 17.9 Å². The second kappa shape index (κ2) is 6.74. The van der Waals surface area contributed by atoms with E-state index in [0.717, 1.165) is 10.4 Å². The fourth-order valence-corrected chi connectivity index (χ4v) is 6.76. The number of thiophene rings is 2. The van der Waals surface area contributed by atoms with Crippen LogP contribution in [0.3, 0.4) is 0 Å². The maximum absolute atomic E-state index is 13.4. The van der Waals surface area contributed by atoms with Gasteiger partial charge in [-0.1, -0.05) is 18.2 Å². The van der Waals surface area contributed by atoms with Gasteiger partial charge >= 0.3 is 0 Å². The van der Waals surface area contributed by atoms with Gasteiger partial charge in [0.1, 0.15) is 0 Å². The number of hydrogen-bond acceptors (Lipinski definition) is 5. The fourth-order valence-electron chi connectivity index (χ4n) is 3.31. The molecule has 134 valence electrons. The van der Waals surface area contributed by atoms with Crippen LogP contribution < -0.4 is 0 Å². The molecule has 26 heavy (non-hydrogen) atoms. The van der Waals surface area contributed by atoms with Crippen LogP contribution in [0, 0.1) is 0 Å². The van der Waals surface area contributed by atoms with E-state index in [1.54, 1.807) is 45.2 Å². The number of Topliss-reactive ketones (excluding diaryl/α,β-unsaturated/α-hetero) is 1. The summed E-state index contributed by atoms with van der Waals surface area (Å²) in [5.74, 6) is -0.143. The molecule has 7 heteroatoms. The van der Waals surface area contributed by atoms with E-state index >= 15 is 0 Å². The van der Waals surface area contributed by atoms with Crippen LogP contribution in [0.2, 0.25) is 0 Å². The SMILES string of the molecule is CC(=O)c1cccc(S(=O)(=O)N2CCc3sccc3[C@H]2c2cccs2)c1. The Labute approximate surface area is 160 Å². The van der Waals surface area contributed by atoms with Gasteiger partial charge in [-0.3, -0.25) is 4.79 Å². The molecule has 3 heterocycles. The first-order valence-electron chi connectivity index (χ1n) is 8.21. The van der Waals surface area contributed by atoms with Gasteiger partial charge in [-0.15, -0.1) is 22.7 Å². The molecular weight excluding hydrogens is 386 g/mol. The summed E-state index contributed by atoms with van der Waals surface area (Å²) in [5, 5.41) is 3.99. The lowest BCUT2D eigenvalue weighted by Crippen LogP contribution is -2.39. The summed E-state index contributed by atoms with van der Waals surface area (Å²) in [6.45, 7) is 1.88. The molecule has 0 aliphatic carbocycles. The molecular formula is C19H17NO3S3. The molecule has 0 fully saturated rings. The van der Waals surface area contributed by atoms with E-state index in [-0.39, 0.29) is 16.7 Å². The Hall–Kier alpha value is -1.80. The molecule has 1 aliphatic rings. The first-order valence-corrected chi connectivity index (χ1v) is 11.4. The van der Waals surface area contributed by atoms with E-state index in [4.69, 9.17) is 0 Å². The third kappa shape index (κ3) is 2.95. The Morgan fingerprint density at radius 2 is 1.96 bits per heavy atom. The Morgan fingerprint density at radius 1 is 1.12 bits per heavy atom. The summed E-state index contributed by atoms with van der Waals surface area (Å²) < 4.78 is 28.4. The average molecular weight is 404 g/mol. The Bertz CT molecular complexity index is 1050. The van der Waals surface area contributed by atoms with Crippen LogP contribution in [0.15, 0.2) is 58.1 Å². The maximum atomic E-state index is 13.4. The van der Waals surface area contributed by atoms with Gasteiger partial charge < -0.3 is 0 Å². The number of sulfonamides is 1. The third-order valence-corrected chi connectivity index (χ3v) is 8.36. The quantitative estimate of drug-likeness (QED) is 0.609. The standard InChI is InChI=1S/C19H17NO3S3/c1-13(21)14-4-2-5-15(12-14)26(22,23)20-9-7-17-16(8-11-25-17)19(20)18-6-3-10-24-18/h2-6,8,10-12,19H,7,9H2,1H3/t19-/m0/s1. The number of nitrogens with zero attached hydrogens (tertiary/aromatic N) is 1. The van der Waals surface area contributed by atoms with Crippen LogP contribution in [0.5, 0.6) is 0 Å². The van der Waals surface area contributed by atoms with Crippen LogP contribution in [-0.2, 0) is 16.4 Å². The summed E-state index contributed by atoms with van der Waals surface area (Å²) in [6.07, 6.45) is 0.709. The number of fused-ring (bicyclic) bond motifs is 1. The van der Waals surface area contributed by atoms with E-state index in [9.17, 15) is 13.2 Å². The third-order valence-electron chi connectivity index (χ3n) is 4.58. The predicted octanol–water partition coefficient (Wildman–Crippen LogP) is 4.35. The van der Waals surface area contributed by atoms with Gasteiger partial charge in [0, 0.05) is 21.9 Å². The smallest absolute Gasteiger partial charge is 0.244 e. The molecule has 1 atom stereocenters. The summed E-state index contributed by atoms with van der Waals surface area (Å²) in [4.78, 5) is 14.1. The zero-order chi connectivity index (χ0) is 18.3. The largest absolute Gasteiger partial charge is 0.295 e. The van der Waals surface area contributed by atoms with Crippen LogP contribution in [-0.4, -0.2) is 25.1 Å². The van der Waals surface area contributed by atoms with Crippen molar-refractivity contribution in [3.05, 3.63) is 74.1 Å².